The second-order valence-electron chi connectivity index (χ2n) is 4.72. The van der Waals surface area contributed by atoms with Gasteiger partial charge in [0.15, 0.2) is 5.82 Å². The van der Waals surface area contributed by atoms with Crippen LogP contribution >= 0.6 is 0 Å². The Labute approximate surface area is 137 Å². The minimum atomic E-state index is -0.308. The van der Waals surface area contributed by atoms with Gasteiger partial charge in [-0.25, -0.2) is 0 Å². The number of aromatic nitrogens is 4. The van der Waals surface area contributed by atoms with E-state index in [1.807, 2.05) is 18.2 Å². The largest absolute Gasteiger partial charge is 0.367 e. The Hall–Kier alpha value is -3.49. The Balaban J connectivity index is 1.42. The van der Waals surface area contributed by atoms with Gasteiger partial charge in [0, 0.05) is 37.2 Å². The van der Waals surface area contributed by atoms with E-state index in [-0.39, 0.29) is 11.7 Å². The Morgan fingerprint density at radius 1 is 0.958 bits per heavy atom. The van der Waals surface area contributed by atoms with E-state index in [9.17, 15) is 4.79 Å². The molecule has 0 aliphatic carbocycles. The average molecular weight is 325 g/mol. The van der Waals surface area contributed by atoms with Crippen molar-refractivity contribution in [3.63, 3.8) is 0 Å². The standard InChI is InChI=1S/C15H15N7O2/c23-15(12-5-8-19-24-12)18-10-9-17-13-1-2-14(22-21-13)20-11-3-6-16-7-4-11/h1-8H,9-10H2,(H,17,21)(H,18,23)(H,16,20,22). The van der Waals surface area contributed by atoms with Gasteiger partial charge in [0.1, 0.15) is 5.82 Å². The molecule has 1 amide bonds. The highest BCUT2D eigenvalue weighted by molar-refractivity contribution is 5.91. The zero-order valence-electron chi connectivity index (χ0n) is 12.6. The van der Waals surface area contributed by atoms with Gasteiger partial charge >= 0.3 is 0 Å². The van der Waals surface area contributed by atoms with Crippen LogP contribution in [0, 0.1) is 0 Å². The molecule has 24 heavy (non-hydrogen) atoms. The number of amides is 1. The second-order valence-corrected chi connectivity index (χ2v) is 4.72. The summed E-state index contributed by atoms with van der Waals surface area (Å²) in [6, 6.07) is 8.79. The predicted molar refractivity (Wildman–Crippen MR) is 86.9 cm³/mol. The zero-order chi connectivity index (χ0) is 16.6. The highest BCUT2D eigenvalue weighted by Crippen LogP contribution is 2.13. The van der Waals surface area contributed by atoms with Crippen molar-refractivity contribution < 1.29 is 9.32 Å². The van der Waals surface area contributed by atoms with E-state index in [0.29, 0.717) is 24.7 Å². The molecule has 3 N–H and O–H groups in total. The van der Waals surface area contributed by atoms with E-state index in [1.54, 1.807) is 18.5 Å². The number of rotatable bonds is 7. The summed E-state index contributed by atoms with van der Waals surface area (Å²) in [5.41, 5.74) is 0.884. The molecule has 9 nitrogen and oxygen atoms in total. The summed E-state index contributed by atoms with van der Waals surface area (Å²) < 4.78 is 4.76. The van der Waals surface area contributed by atoms with Gasteiger partial charge in [-0.15, -0.1) is 10.2 Å². The molecule has 3 rings (SSSR count). The Morgan fingerprint density at radius 2 is 1.75 bits per heavy atom. The normalized spacial score (nSPS) is 10.2. The van der Waals surface area contributed by atoms with E-state index >= 15 is 0 Å². The smallest absolute Gasteiger partial charge is 0.289 e. The Morgan fingerprint density at radius 3 is 2.46 bits per heavy atom. The summed E-state index contributed by atoms with van der Waals surface area (Å²) in [6.07, 6.45) is 4.81. The van der Waals surface area contributed by atoms with Crippen molar-refractivity contribution in [3.8, 4) is 0 Å². The Bertz CT molecular complexity index is 760. The molecular weight excluding hydrogens is 310 g/mol. The number of nitrogens with zero attached hydrogens (tertiary/aromatic N) is 4. The number of pyridine rings is 1. The third kappa shape index (κ3) is 4.26. The Kier molecular flexibility index (Phi) is 4.93. The maximum absolute atomic E-state index is 11.6. The molecule has 0 aliphatic rings. The van der Waals surface area contributed by atoms with E-state index in [0.717, 1.165) is 5.69 Å². The lowest BCUT2D eigenvalue weighted by Gasteiger charge is -2.07. The fourth-order valence-corrected chi connectivity index (χ4v) is 1.86. The number of carbonyl (C=O) groups is 1. The first-order chi connectivity index (χ1) is 11.8. The van der Waals surface area contributed by atoms with Gasteiger partial charge in [0.05, 0.1) is 6.20 Å². The van der Waals surface area contributed by atoms with Crippen molar-refractivity contribution >= 4 is 23.2 Å². The molecule has 0 aromatic carbocycles. The summed E-state index contributed by atoms with van der Waals surface area (Å²) in [4.78, 5) is 15.6. The molecule has 9 heteroatoms. The molecule has 0 radical (unpaired) electrons. The van der Waals surface area contributed by atoms with Crippen LogP contribution in [0.4, 0.5) is 17.3 Å². The van der Waals surface area contributed by atoms with Crippen LogP contribution in [0.25, 0.3) is 0 Å². The predicted octanol–water partition coefficient (Wildman–Crippen LogP) is 1.45. The van der Waals surface area contributed by atoms with Gasteiger partial charge in [0.2, 0.25) is 5.76 Å². The highest BCUT2D eigenvalue weighted by Gasteiger charge is 2.08. The van der Waals surface area contributed by atoms with Crippen molar-refractivity contribution in [2.75, 3.05) is 23.7 Å². The van der Waals surface area contributed by atoms with Crippen LogP contribution in [-0.2, 0) is 0 Å². The first-order valence-corrected chi connectivity index (χ1v) is 7.25. The molecule has 0 saturated heterocycles. The number of carbonyl (C=O) groups excluding carboxylic acids is 1. The fourth-order valence-electron chi connectivity index (χ4n) is 1.86. The molecule has 0 aliphatic heterocycles. The van der Waals surface area contributed by atoms with E-state index < -0.39 is 0 Å². The summed E-state index contributed by atoms with van der Waals surface area (Å²) in [7, 11) is 0. The maximum atomic E-state index is 11.6. The summed E-state index contributed by atoms with van der Waals surface area (Å²) in [6.45, 7) is 0.921. The van der Waals surface area contributed by atoms with Gasteiger partial charge in [-0.05, 0) is 24.3 Å². The van der Waals surface area contributed by atoms with Crippen molar-refractivity contribution in [2.24, 2.45) is 0 Å². The summed E-state index contributed by atoms with van der Waals surface area (Å²) >= 11 is 0. The van der Waals surface area contributed by atoms with Crippen molar-refractivity contribution in [2.45, 2.75) is 0 Å². The van der Waals surface area contributed by atoms with Crippen molar-refractivity contribution in [3.05, 3.63) is 54.7 Å². The van der Waals surface area contributed by atoms with Crippen LogP contribution < -0.4 is 16.0 Å². The second kappa shape index (κ2) is 7.68. The van der Waals surface area contributed by atoms with Crippen LogP contribution in [0.1, 0.15) is 10.6 Å². The zero-order valence-corrected chi connectivity index (χ0v) is 12.6. The topological polar surface area (TPSA) is 118 Å². The maximum Gasteiger partial charge on any atom is 0.289 e. The third-order valence-electron chi connectivity index (χ3n) is 3.00. The van der Waals surface area contributed by atoms with Crippen molar-refractivity contribution in [1.82, 2.24) is 25.7 Å². The van der Waals surface area contributed by atoms with E-state index in [2.05, 4.69) is 36.3 Å². The first-order valence-electron chi connectivity index (χ1n) is 7.25. The van der Waals surface area contributed by atoms with Crippen LogP contribution in [0.2, 0.25) is 0 Å². The average Bonchev–Trinajstić information content (AvgIpc) is 3.16. The number of anilines is 3. The van der Waals surface area contributed by atoms with Crippen LogP contribution in [-0.4, -0.2) is 39.3 Å². The van der Waals surface area contributed by atoms with Gasteiger partial charge < -0.3 is 20.5 Å². The van der Waals surface area contributed by atoms with Gasteiger partial charge in [0.25, 0.3) is 5.91 Å². The molecular formula is C15H15N7O2. The molecule has 0 bridgehead atoms. The lowest BCUT2D eigenvalue weighted by molar-refractivity contribution is 0.0918. The molecule has 122 valence electrons. The van der Waals surface area contributed by atoms with E-state index in [4.69, 9.17) is 4.52 Å². The minimum Gasteiger partial charge on any atom is -0.367 e. The van der Waals surface area contributed by atoms with Crippen LogP contribution in [0.15, 0.2) is 53.4 Å². The van der Waals surface area contributed by atoms with E-state index in [1.165, 1.54) is 12.3 Å². The highest BCUT2D eigenvalue weighted by atomic mass is 16.5. The van der Waals surface area contributed by atoms with Crippen LogP contribution in [0.5, 0.6) is 0 Å². The lowest BCUT2D eigenvalue weighted by Crippen LogP contribution is -2.28. The lowest BCUT2D eigenvalue weighted by atomic mass is 10.4. The number of hydrogen-bond acceptors (Lipinski definition) is 8. The van der Waals surface area contributed by atoms with Crippen LogP contribution in [0.3, 0.4) is 0 Å². The quantitative estimate of drug-likeness (QED) is 0.559. The molecule has 3 heterocycles. The van der Waals surface area contributed by atoms with Gasteiger partial charge in [-0.3, -0.25) is 9.78 Å². The SMILES string of the molecule is O=C(NCCNc1ccc(Nc2ccncc2)nn1)c1ccno1. The molecule has 3 aromatic heterocycles. The first kappa shape index (κ1) is 15.4. The molecule has 3 aromatic rings. The monoisotopic (exact) mass is 325 g/mol. The molecule has 0 saturated carbocycles. The fraction of sp³-hybridized carbons (Fsp3) is 0.133. The third-order valence-corrected chi connectivity index (χ3v) is 3.00. The van der Waals surface area contributed by atoms with Gasteiger partial charge in [-0.2, -0.15) is 0 Å². The molecule has 0 atom stereocenters. The molecule has 0 unspecified atom stereocenters. The molecule has 0 spiro atoms. The summed E-state index contributed by atoms with van der Waals surface area (Å²) in [5.74, 6) is 1.12. The summed E-state index contributed by atoms with van der Waals surface area (Å²) in [5, 5.41) is 20.5. The van der Waals surface area contributed by atoms with Crippen molar-refractivity contribution in [1.29, 1.82) is 0 Å². The number of hydrogen-bond donors (Lipinski definition) is 3. The number of nitrogens with one attached hydrogen (secondary N) is 3. The van der Waals surface area contributed by atoms with Gasteiger partial charge in [-0.1, -0.05) is 5.16 Å². The minimum absolute atomic E-state index is 0.182. The molecule has 0 fully saturated rings.